The van der Waals surface area contributed by atoms with Crippen molar-refractivity contribution in [2.45, 2.75) is 48.6 Å². The summed E-state index contributed by atoms with van der Waals surface area (Å²) in [6.07, 6.45) is -10.4. The van der Waals surface area contributed by atoms with E-state index in [4.69, 9.17) is 5.11 Å². The van der Waals surface area contributed by atoms with Gasteiger partial charge in [0.2, 0.25) is 23.0 Å². The largest absolute Gasteiger partial charge is 0.508 e. The van der Waals surface area contributed by atoms with Crippen molar-refractivity contribution in [2.24, 2.45) is 5.92 Å². The molecule has 36 heavy (non-hydrogen) atoms. The van der Waals surface area contributed by atoms with E-state index in [0.29, 0.717) is 5.56 Å². The molecule has 0 aromatic heterocycles. The lowest BCUT2D eigenvalue weighted by atomic mass is 9.71. The Morgan fingerprint density at radius 1 is 0.944 bits per heavy atom. The first-order valence-corrected chi connectivity index (χ1v) is 10.5. The zero-order valence-electron chi connectivity index (χ0n) is 18.5. The van der Waals surface area contributed by atoms with E-state index in [-0.39, 0.29) is 24.9 Å². The van der Waals surface area contributed by atoms with Crippen LogP contribution in [0.3, 0.4) is 0 Å². The fourth-order valence-electron chi connectivity index (χ4n) is 3.68. The summed E-state index contributed by atoms with van der Waals surface area (Å²) in [5, 5.41) is 98.9. The van der Waals surface area contributed by atoms with Crippen LogP contribution in [-0.2, 0) is 25.6 Å². The van der Waals surface area contributed by atoms with Crippen LogP contribution in [0.4, 0.5) is 0 Å². The zero-order chi connectivity index (χ0) is 27.6. The lowest BCUT2D eigenvalue weighted by Crippen LogP contribution is -2.68. The second-order valence-corrected chi connectivity index (χ2v) is 8.29. The number of hydrogen-bond acceptors (Lipinski definition) is 14. The molecule has 14 nitrogen and oxygen atoms in total. The Labute approximate surface area is 202 Å². The van der Waals surface area contributed by atoms with E-state index in [9.17, 15) is 65.1 Å². The van der Waals surface area contributed by atoms with Gasteiger partial charge in [0.25, 0.3) is 5.79 Å². The number of ketones is 3. The summed E-state index contributed by atoms with van der Waals surface area (Å²) in [6.45, 7) is -1.15. The SMILES string of the molecule is O=CC(CCc1ccc(O)cc1)C1=C(O)C(O)(C(=O)[C@H](O)[C@@H](O)[C@H](O)[C@H](O)CO)C(=O)C(O)(O)C1=O. The van der Waals surface area contributed by atoms with E-state index >= 15 is 0 Å². The molecule has 2 unspecified atom stereocenters. The topological polar surface area (TPSA) is 271 Å². The van der Waals surface area contributed by atoms with Gasteiger partial charge in [0, 0.05) is 5.92 Å². The molecule has 1 aromatic rings. The highest BCUT2D eigenvalue weighted by Gasteiger charge is 2.66. The van der Waals surface area contributed by atoms with Crippen LogP contribution in [0, 0.1) is 5.92 Å². The van der Waals surface area contributed by atoms with Crippen molar-refractivity contribution in [3.63, 3.8) is 0 Å². The summed E-state index contributed by atoms with van der Waals surface area (Å²) < 4.78 is 0. The summed E-state index contributed by atoms with van der Waals surface area (Å²) in [5.41, 5.74) is -4.79. The first-order valence-electron chi connectivity index (χ1n) is 10.5. The van der Waals surface area contributed by atoms with Gasteiger partial charge in [-0.25, -0.2) is 0 Å². The molecule has 0 amide bonds. The number of phenolic OH excluding ortho intramolecular Hbond substituents is 1. The molecular weight excluding hydrogens is 488 g/mol. The van der Waals surface area contributed by atoms with Gasteiger partial charge in [0.15, 0.2) is 0 Å². The molecule has 2 rings (SSSR count). The fraction of sp³-hybridized carbons (Fsp3) is 0.455. The van der Waals surface area contributed by atoms with Crippen molar-refractivity contribution in [3.05, 3.63) is 41.2 Å². The van der Waals surface area contributed by atoms with E-state index in [0.717, 1.165) is 0 Å². The Hall–Kier alpha value is -3.08. The Bertz CT molecular complexity index is 1050. The quantitative estimate of drug-likeness (QED) is 0.0758. The van der Waals surface area contributed by atoms with Gasteiger partial charge in [-0.1, -0.05) is 12.1 Å². The van der Waals surface area contributed by atoms with Gasteiger partial charge < -0.3 is 55.9 Å². The summed E-state index contributed by atoms with van der Waals surface area (Å²) in [6, 6.07) is 5.52. The molecule has 6 atom stereocenters. The second-order valence-electron chi connectivity index (χ2n) is 8.29. The van der Waals surface area contributed by atoms with Gasteiger partial charge >= 0.3 is 0 Å². The highest BCUT2D eigenvalue weighted by Crippen LogP contribution is 2.38. The number of rotatable bonds is 11. The van der Waals surface area contributed by atoms with Crippen molar-refractivity contribution in [1.29, 1.82) is 0 Å². The van der Waals surface area contributed by atoms with Gasteiger partial charge in [-0.2, -0.15) is 0 Å². The van der Waals surface area contributed by atoms with Crippen LogP contribution in [0.15, 0.2) is 35.6 Å². The Balaban J connectivity index is 2.53. The predicted molar refractivity (Wildman–Crippen MR) is 114 cm³/mol. The van der Waals surface area contributed by atoms with E-state index < -0.39 is 77.0 Å². The molecule has 0 bridgehead atoms. The van der Waals surface area contributed by atoms with E-state index in [2.05, 4.69) is 0 Å². The first-order chi connectivity index (χ1) is 16.7. The molecule has 0 spiro atoms. The standard InChI is InChI=1S/C22H26O14/c23-7-10(4-1-9-2-5-11(25)6-3-9)13-17(30)21(34,20(33)22(35,36)18(13)31)19(32)16(29)15(28)14(27)12(26)8-24/h2-3,5-7,10,12,14-16,24-30,34-36H,1,4,8H2/t10?,12-,14-,15+,16-,21?/m1/s1. The van der Waals surface area contributed by atoms with Gasteiger partial charge in [-0.15, -0.1) is 0 Å². The molecule has 0 aliphatic heterocycles. The van der Waals surface area contributed by atoms with Crippen LogP contribution in [0.25, 0.3) is 0 Å². The molecule has 0 heterocycles. The lowest BCUT2D eigenvalue weighted by Gasteiger charge is -2.38. The Kier molecular flexibility index (Phi) is 8.82. The number of phenols is 1. The summed E-state index contributed by atoms with van der Waals surface area (Å²) in [7, 11) is 0. The molecule has 1 aromatic carbocycles. The number of aldehydes is 1. The number of carbonyl (C=O) groups is 4. The Morgan fingerprint density at radius 2 is 1.50 bits per heavy atom. The number of aromatic hydroxyl groups is 1. The zero-order valence-corrected chi connectivity index (χ0v) is 18.5. The van der Waals surface area contributed by atoms with Crippen LogP contribution in [0.5, 0.6) is 5.75 Å². The third-order valence-electron chi connectivity index (χ3n) is 5.90. The molecule has 10 N–H and O–H groups in total. The van der Waals surface area contributed by atoms with Gasteiger partial charge in [0.1, 0.15) is 42.2 Å². The summed E-state index contributed by atoms with van der Waals surface area (Å²) in [5.74, 6) is -14.4. The first kappa shape index (κ1) is 29.2. The van der Waals surface area contributed by atoms with E-state index in [1.807, 2.05) is 0 Å². The van der Waals surface area contributed by atoms with Crippen molar-refractivity contribution in [2.75, 3.05) is 6.61 Å². The van der Waals surface area contributed by atoms with Crippen LogP contribution >= 0.6 is 0 Å². The predicted octanol–water partition coefficient (Wildman–Crippen LogP) is -4.48. The third kappa shape index (κ3) is 5.07. The number of hydrogen-bond donors (Lipinski definition) is 10. The molecule has 0 fully saturated rings. The van der Waals surface area contributed by atoms with Crippen molar-refractivity contribution < 1.29 is 70.2 Å². The summed E-state index contributed by atoms with van der Waals surface area (Å²) >= 11 is 0. The highest BCUT2D eigenvalue weighted by atomic mass is 16.5. The molecule has 0 saturated heterocycles. The number of aliphatic hydroxyl groups excluding tert-OH is 6. The van der Waals surface area contributed by atoms with Crippen LogP contribution in [0.1, 0.15) is 12.0 Å². The number of aliphatic hydroxyl groups is 9. The molecule has 1 aliphatic rings. The molecule has 0 radical (unpaired) electrons. The lowest BCUT2D eigenvalue weighted by molar-refractivity contribution is -0.205. The average molecular weight is 514 g/mol. The van der Waals surface area contributed by atoms with E-state index in [1.165, 1.54) is 24.3 Å². The van der Waals surface area contributed by atoms with Gasteiger partial charge in [-0.3, -0.25) is 14.4 Å². The molecule has 14 heteroatoms. The molecule has 0 saturated carbocycles. The van der Waals surface area contributed by atoms with Gasteiger partial charge in [-0.05, 0) is 30.5 Å². The van der Waals surface area contributed by atoms with Gasteiger partial charge in [0.05, 0.1) is 12.2 Å². The maximum absolute atomic E-state index is 12.8. The maximum atomic E-state index is 12.8. The summed E-state index contributed by atoms with van der Waals surface area (Å²) in [4.78, 5) is 49.7. The van der Waals surface area contributed by atoms with Crippen molar-refractivity contribution in [3.8, 4) is 5.75 Å². The third-order valence-corrected chi connectivity index (χ3v) is 5.90. The van der Waals surface area contributed by atoms with Crippen molar-refractivity contribution in [1.82, 2.24) is 0 Å². The molecular formula is C22H26O14. The minimum atomic E-state index is -4.15. The minimum absolute atomic E-state index is 0.00942. The number of benzene rings is 1. The number of Topliss-reactive ketones (excluding diaryl/α,β-unsaturated/α-hetero) is 3. The molecule has 198 valence electrons. The fourth-order valence-corrected chi connectivity index (χ4v) is 3.68. The van der Waals surface area contributed by atoms with E-state index in [1.54, 1.807) is 0 Å². The Morgan fingerprint density at radius 3 is 2.00 bits per heavy atom. The average Bonchev–Trinajstić information content (AvgIpc) is 2.87. The maximum Gasteiger partial charge on any atom is 0.294 e. The monoisotopic (exact) mass is 514 g/mol. The number of carbonyl (C=O) groups excluding carboxylic acids is 4. The van der Waals surface area contributed by atoms with Crippen LogP contribution in [-0.4, -0.2) is 117 Å². The van der Waals surface area contributed by atoms with Crippen LogP contribution < -0.4 is 0 Å². The second kappa shape index (κ2) is 10.9. The van der Waals surface area contributed by atoms with Crippen LogP contribution in [0.2, 0.25) is 0 Å². The highest BCUT2D eigenvalue weighted by molar-refractivity contribution is 6.30. The smallest absolute Gasteiger partial charge is 0.294 e. The molecule has 1 aliphatic carbocycles. The number of aryl methyl sites for hydroxylation is 1. The van der Waals surface area contributed by atoms with Crippen molar-refractivity contribution >= 4 is 23.6 Å². The minimum Gasteiger partial charge on any atom is -0.508 e. The normalized spacial score (nSPS) is 24.1.